The van der Waals surface area contributed by atoms with E-state index in [0.29, 0.717) is 0 Å². The van der Waals surface area contributed by atoms with Crippen molar-refractivity contribution in [1.29, 1.82) is 0 Å². The second-order valence-electron chi connectivity index (χ2n) is 3.80. The Morgan fingerprint density at radius 2 is 2.12 bits per heavy atom. The van der Waals surface area contributed by atoms with Crippen LogP contribution < -0.4 is 0 Å². The van der Waals surface area contributed by atoms with Crippen LogP contribution in [0.5, 0.6) is 0 Å². The van der Waals surface area contributed by atoms with Crippen molar-refractivity contribution in [3.05, 3.63) is 12.2 Å². The maximum atomic E-state index is 4.09. The summed E-state index contributed by atoms with van der Waals surface area (Å²) in [5.41, 5.74) is 2.48. The van der Waals surface area contributed by atoms with Gasteiger partial charge in [0.1, 0.15) is 0 Å². The van der Waals surface area contributed by atoms with Crippen molar-refractivity contribution in [3.8, 4) is 0 Å². The van der Waals surface area contributed by atoms with E-state index in [0.717, 1.165) is 17.3 Å². The van der Waals surface area contributed by atoms with Crippen LogP contribution in [0.4, 0.5) is 0 Å². The summed E-state index contributed by atoms with van der Waals surface area (Å²) in [5, 5.41) is 0. The van der Waals surface area contributed by atoms with Gasteiger partial charge in [0.2, 0.25) is 0 Å². The summed E-state index contributed by atoms with van der Waals surface area (Å²) >= 11 is 0. The van der Waals surface area contributed by atoms with E-state index in [1.54, 1.807) is 5.57 Å². The minimum atomic E-state index is 0.877. The molecule has 0 aromatic carbocycles. The third-order valence-electron chi connectivity index (χ3n) is 3.47. The summed E-state index contributed by atoms with van der Waals surface area (Å²) in [6, 6.07) is 0. The van der Waals surface area contributed by atoms with E-state index in [9.17, 15) is 0 Å². The molecule has 0 aromatic rings. The van der Waals surface area contributed by atoms with Crippen LogP contribution in [0.25, 0.3) is 0 Å². The zero-order valence-electron chi connectivity index (χ0n) is 4.98. The predicted octanol–water partition coefficient (Wildman–Crippen LogP) is 1.97. The van der Waals surface area contributed by atoms with Gasteiger partial charge in [0.05, 0.1) is 0 Å². The van der Waals surface area contributed by atoms with Crippen molar-refractivity contribution in [2.75, 3.05) is 0 Å². The van der Waals surface area contributed by atoms with Gasteiger partial charge in [-0.05, 0) is 36.5 Å². The van der Waals surface area contributed by atoms with Crippen LogP contribution in [0.1, 0.15) is 19.3 Å². The number of hydrogen-bond acceptors (Lipinski definition) is 0. The summed E-state index contributed by atoms with van der Waals surface area (Å²) in [5.74, 6) is 1.99. The molecule has 4 rings (SSSR count). The van der Waals surface area contributed by atoms with Crippen LogP contribution in [0.2, 0.25) is 0 Å². The third-order valence-corrected chi connectivity index (χ3v) is 3.47. The highest BCUT2D eigenvalue weighted by Crippen LogP contribution is 2.79. The molecule has 0 N–H and O–H groups in total. The van der Waals surface area contributed by atoms with E-state index in [-0.39, 0.29) is 0 Å². The van der Waals surface area contributed by atoms with Crippen LogP contribution in [0.15, 0.2) is 12.2 Å². The number of rotatable bonds is 0. The van der Waals surface area contributed by atoms with E-state index in [4.69, 9.17) is 0 Å². The molecule has 1 atom stereocenters. The molecule has 0 saturated heterocycles. The molecule has 0 amide bonds. The molecule has 2 bridgehead atoms. The first-order valence-corrected chi connectivity index (χ1v) is 3.50. The molecule has 42 valence electrons. The van der Waals surface area contributed by atoms with Crippen LogP contribution in [-0.4, -0.2) is 0 Å². The molecule has 0 radical (unpaired) electrons. The monoisotopic (exact) mass is 106 g/mol. The highest BCUT2D eigenvalue weighted by molar-refractivity contribution is 5.36. The Labute approximate surface area is 49.6 Å². The average molecular weight is 106 g/mol. The molecular formula is C8H10. The molecular weight excluding hydrogens is 96.1 g/mol. The van der Waals surface area contributed by atoms with Crippen molar-refractivity contribution in [3.63, 3.8) is 0 Å². The maximum absolute atomic E-state index is 4.09. The molecule has 0 aromatic heterocycles. The second-order valence-corrected chi connectivity index (χ2v) is 3.80. The summed E-state index contributed by atoms with van der Waals surface area (Å²) in [7, 11) is 0. The highest BCUT2D eigenvalue weighted by Gasteiger charge is 2.70. The summed E-state index contributed by atoms with van der Waals surface area (Å²) in [6.07, 6.45) is 4.52. The van der Waals surface area contributed by atoms with Gasteiger partial charge in [-0.3, -0.25) is 0 Å². The fourth-order valence-electron chi connectivity index (χ4n) is 2.79. The van der Waals surface area contributed by atoms with Gasteiger partial charge >= 0.3 is 0 Å². The predicted molar refractivity (Wildman–Crippen MR) is 32.4 cm³/mol. The van der Waals surface area contributed by atoms with Crippen molar-refractivity contribution >= 4 is 0 Å². The zero-order valence-corrected chi connectivity index (χ0v) is 4.98. The van der Waals surface area contributed by atoms with Gasteiger partial charge in [0.15, 0.2) is 0 Å². The molecule has 4 aliphatic rings. The molecule has 0 heterocycles. The SMILES string of the molecule is C=C1C2CC3(C2)CC13. The molecule has 8 heavy (non-hydrogen) atoms. The molecule has 0 heteroatoms. The smallest absolute Gasteiger partial charge is 0.0140 e. The first-order valence-electron chi connectivity index (χ1n) is 3.50. The number of allylic oxidation sites excluding steroid dienone is 1. The Morgan fingerprint density at radius 1 is 1.38 bits per heavy atom. The largest absolute Gasteiger partial charge is 0.0993 e. The topological polar surface area (TPSA) is 0 Å². The first-order chi connectivity index (χ1) is 3.82. The van der Waals surface area contributed by atoms with Gasteiger partial charge in [-0.15, -0.1) is 0 Å². The van der Waals surface area contributed by atoms with E-state index >= 15 is 0 Å². The van der Waals surface area contributed by atoms with Crippen LogP contribution in [-0.2, 0) is 0 Å². The Morgan fingerprint density at radius 3 is 2.25 bits per heavy atom. The molecule has 4 saturated carbocycles. The molecule has 1 unspecified atom stereocenters. The molecule has 4 fully saturated rings. The van der Waals surface area contributed by atoms with Gasteiger partial charge in [0, 0.05) is 0 Å². The second kappa shape index (κ2) is 0.706. The molecule has 1 spiro atoms. The molecule has 0 nitrogen and oxygen atoms in total. The van der Waals surface area contributed by atoms with Gasteiger partial charge in [0.25, 0.3) is 0 Å². The lowest BCUT2D eigenvalue weighted by atomic mass is 9.76. The summed E-state index contributed by atoms with van der Waals surface area (Å²) < 4.78 is 0. The van der Waals surface area contributed by atoms with Crippen molar-refractivity contribution in [1.82, 2.24) is 0 Å². The molecule has 4 aliphatic carbocycles. The minimum Gasteiger partial charge on any atom is -0.0993 e. The highest BCUT2D eigenvalue weighted by atomic mass is 14.7. The Bertz CT molecular complexity index is 172. The fraction of sp³-hybridized carbons (Fsp3) is 0.750. The summed E-state index contributed by atoms with van der Waals surface area (Å²) in [6.45, 7) is 4.09. The average Bonchev–Trinajstić information content (AvgIpc) is 2.22. The van der Waals surface area contributed by atoms with Crippen LogP contribution in [0, 0.1) is 17.3 Å². The zero-order chi connectivity index (χ0) is 5.35. The maximum Gasteiger partial charge on any atom is -0.0140 e. The van der Waals surface area contributed by atoms with E-state index in [1.165, 1.54) is 19.3 Å². The Kier molecular flexibility index (Phi) is 0.327. The number of hydrogen-bond donors (Lipinski definition) is 0. The quantitative estimate of drug-likeness (QED) is 0.414. The van der Waals surface area contributed by atoms with Gasteiger partial charge in [-0.25, -0.2) is 0 Å². The molecule has 0 aliphatic heterocycles. The normalized spacial score (nSPS) is 64.8. The Balaban J connectivity index is 2.19. The lowest BCUT2D eigenvalue weighted by Crippen LogP contribution is -2.18. The van der Waals surface area contributed by atoms with E-state index in [2.05, 4.69) is 6.58 Å². The standard InChI is InChI=1S/C8H10/c1-5-6-2-8(3-6)4-7(5)8/h6-7H,1-4H2. The Hall–Kier alpha value is -0.260. The van der Waals surface area contributed by atoms with E-state index in [1.807, 2.05) is 0 Å². The van der Waals surface area contributed by atoms with Crippen LogP contribution >= 0.6 is 0 Å². The lowest BCUT2D eigenvalue weighted by Gasteiger charge is -2.28. The fourth-order valence-corrected chi connectivity index (χ4v) is 2.79. The van der Waals surface area contributed by atoms with Gasteiger partial charge in [-0.2, -0.15) is 0 Å². The lowest BCUT2D eigenvalue weighted by molar-refractivity contribution is 0.248. The van der Waals surface area contributed by atoms with Crippen molar-refractivity contribution in [2.45, 2.75) is 19.3 Å². The van der Waals surface area contributed by atoms with Gasteiger partial charge in [-0.1, -0.05) is 12.2 Å². The third kappa shape index (κ3) is 0.180. The van der Waals surface area contributed by atoms with Crippen molar-refractivity contribution < 1.29 is 0 Å². The first kappa shape index (κ1) is 3.71. The van der Waals surface area contributed by atoms with Crippen molar-refractivity contribution in [2.24, 2.45) is 17.3 Å². The van der Waals surface area contributed by atoms with Gasteiger partial charge < -0.3 is 0 Å². The minimum absolute atomic E-state index is 0.877. The van der Waals surface area contributed by atoms with Crippen LogP contribution in [0.3, 0.4) is 0 Å². The summed E-state index contributed by atoms with van der Waals surface area (Å²) in [4.78, 5) is 0. The van der Waals surface area contributed by atoms with E-state index < -0.39 is 0 Å².